The van der Waals surface area contributed by atoms with E-state index >= 15 is 0 Å². The van der Waals surface area contributed by atoms with Gasteiger partial charge >= 0.3 is 11.9 Å². The summed E-state index contributed by atoms with van der Waals surface area (Å²) in [4.78, 5) is 23.7. The summed E-state index contributed by atoms with van der Waals surface area (Å²) < 4.78 is 11.7. The van der Waals surface area contributed by atoms with E-state index in [0.717, 1.165) is 38.5 Å². The maximum absolute atomic E-state index is 12.0. The molecule has 0 aliphatic heterocycles. The zero-order valence-corrected chi connectivity index (χ0v) is 21.6. The van der Waals surface area contributed by atoms with Crippen LogP contribution >= 0.6 is 0 Å². The summed E-state index contributed by atoms with van der Waals surface area (Å²) >= 11 is 0. The Morgan fingerprint density at radius 3 is 2.42 bits per heavy atom. The predicted octanol–water partition coefficient (Wildman–Crippen LogP) is 5.53. The summed E-state index contributed by atoms with van der Waals surface area (Å²) in [5.74, 6) is 2.91. The minimum Gasteiger partial charge on any atom is -0.463 e. The summed E-state index contributed by atoms with van der Waals surface area (Å²) in [5.41, 5.74) is 0.264. The van der Waals surface area contributed by atoms with Crippen molar-refractivity contribution < 1.29 is 24.2 Å². The van der Waals surface area contributed by atoms with E-state index in [0.29, 0.717) is 35.5 Å². The molecule has 4 aliphatic carbocycles. The van der Waals surface area contributed by atoms with Gasteiger partial charge in [-0.05, 0) is 98.7 Å². The lowest BCUT2D eigenvalue weighted by molar-refractivity contribution is -0.174. The molecule has 0 aromatic heterocycles. The van der Waals surface area contributed by atoms with E-state index in [1.165, 1.54) is 33.1 Å². The van der Waals surface area contributed by atoms with E-state index in [-0.39, 0.29) is 41.1 Å². The number of ether oxygens (including phenoxy) is 2. The number of hydrogen-bond donors (Lipinski definition) is 1. The topological polar surface area (TPSA) is 72.8 Å². The Morgan fingerprint density at radius 1 is 1.06 bits per heavy atom. The van der Waals surface area contributed by atoms with Crippen LogP contribution in [0.15, 0.2) is 0 Å². The maximum atomic E-state index is 12.0. The second-order valence-electron chi connectivity index (χ2n) is 12.5. The van der Waals surface area contributed by atoms with Crippen LogP contribution in [-0.4, -0.2) is 35.4 Å². The first kappa shape index (κ1) is 25.0. The molecular formula is C28H46O5. The first-order valence-corrected chi connectivity index (χ1v) is 13.5. The van der Waals surface area contributed by atoms with Crippen molar-refractivity contribution in [1.29, 1.82) is 0 Å². The number of hydrogen-bond acceptors (Lipinski definition) is 5. The van der Waals surface area contributed by atoms with Crippen LogP contribution in [0.2, 0.25) is 0 Å². The van der Waals surface area contributed by atoms with Crippen molar-refractivity contribution in [3.8, 4) is 0 Å². The molecule has 5 nitrogen and oxygen atoms in total. The van der Waals surface area contributed by atoms with Crippen LogP contribution in [0.3, 0.4) is 0 Å². The van der Waals surface area contributed by atoms with E-state index in [2.05, 4.69) is 27.7 Å². The van der Waals surface area contributed by atoms with Crippen molar-refractivity contribution in [3.63, 3.8) is 0 Å². The summed E-state index contributed by atoms with van der Waals surface area (Å²) in [7, 11) is 0. The minimum absolute atomic E-state index is 0.00731. The summed E-state index contributed by atoms with van der Waals surface area (Å²) in [5, 5.41) is 10.5. The fourth-order valence-corrected chi connectivity index (χ4v) is 9.42. The smallest absolute Gasteiger partial charge is 0.302 e. The van der Waals surface area contributed by atoms with E-state index in [9.17, 15) is 14.7 Å². The van der Waals surface area contributed by atoms with Gasteiger partial charge in [-0.15, -0.1) is 0 Å². The third-order valence-electron chi connectivity index (χ3n) is 10.9. The van der Waals surface area contributed by atoms with Gasteiger partial charge in [0.2, 0.25) is 0 Å². The number of carbonyl (C=O) groups is 2. The Morgan fingerprint density at radius 2 is 1.79 bits per heavy atom. The zero-order valence-electron chi connectivity index (χ0n) is 21.6. The Hall–Kier alpha value is -1.10. The van der Waals surface area contributed by atoms with Gasteiger partial charge in [0.15, 0.2) is 0 Å². The lowest BCUT2D eigenvalue weighted by Crippen LogP contribution is -2.58. The van der Waals surface area contributed by atoms with E-state index in [4.69, 9.17) is 9.47 Å². The van der Waals surface area contributed by atoms with Gasteiger partial charge in [0, 0.05) is 19.3 Å². The quantitative estimate of drug-likeness (QED) is 0.544. The molecule has 0 amide bonds. The van der Waals surface area contributed by atoms with E-state index in [1.807, 2.05) is 0 Å². The fraction of sp³-hybridized carbons (Fsp3) is 0.929. The number of fused-ring (bicyclic) bond motifs is 5. The summed E-state index contributed by atoms with van der Waals surface area (Å²) in [6.07, 6.45) is 8.87. The lowest BCUT2D eigenvalue weighted by atomic mass is 9.42. The van der Waals surface area contributed by atoms with Gasteiger partial charge in [0.1, 0.15) is 12.2 Å². The Kier molecular flexibility index (Phi) is 6.95. The number of aliphatic hydroxyl groups is 1. The number of rotatable bonds is 5. The molecule has 1 N–H and O–H groups in total. The lowest BCUT2D eigenvalue weighted by Gasteiger charge is -2.63. The molecule has 0 aromatic rings. The highest BCUT2D eigenvalue weighted by atomic mass is 16.5. The minimum atomic E-state index is -0.205. The molecule has 33 heavy (non-hydrogen) atoms. The molecule has 0 aromatic carbocycles. The molecule has 0 saturated heterocycles. The molecule has 188 valence electrons. The molecular weight excluding hydrogens is 416 g/mol. The largest absolute Gasteiger partial charge is 0.463 e. The van der Waals surface area contributed by atoms with Crippen molar-refractivity contribution in [3.05, 3.63) is 0 Å². The molecule has 0 heterocycles. The van der Waals surface area contributed by atoms with E-state index < -0.39 is 0 Å². The van der Waals surface area contributed by atoms with Crippen LogP contribution in [0.4, 0.5) is 0 Å². The number of esters is 2. The van der Waals surface area contributed by atoms with Crippen molar-refractivity contribution in [1.82, 2.24) is 0 Å². The van der Waals surface area contributed by atoms with Crippen LogP contribution in [-0.2, 0) is 19.1 Å². The van der Waals surface area contributed by atoms with Crippen molar-refractivity contribution in [2.75, 3.05) is 0 Å². The van der Waals surface area contributed by atoms with Gasteiger partial charge < -0.3 is 14.6 Å². The molecule has 5 heteroatoms. The highest BCUT2D eigenvalue weighted by molar-refractivity contribution is 5.66. The van der Waals surface area contributed by atoms with Gasteiger partial charge in [-0.1, -0.05) is 27.7 Å². The van der Waals surface area contributed by atoms with Gasteiger partial charge in [-0.25, -0.2) is 0 Å². The Labute approximate surface area is 200 Å². The molecule has 4 saturated carbocycles. The summed E-state index contributed by atoms with van der Waals surface area (Å²) in [6.45, 7) is 12.4. The molecule has 4 rings (SSSR count). The van der Waals surface area contributed by atoms with Crippen molar-refractivity contribution in [2.45, 2.75) is 118 Å². The summed E-state index contributed by atoms with van der Waals surface area (Å²) in [6, 6.07) is 0. The van der Waals surface area contributed by atoms with Gasteiger partial charge in [0.25, 0.3) is 0 Å². The van der Waals surface area contributed by atoms with Gasteiger partial charge in [-0.3, -0.25) is 9.59 Å². The highest BCUT2D eigenvalue weighted by Gasteiger charge is 2.64. The first-order chi connectivity index (χ1) is 15.5. The predicted molar refractivity (Wildman–Crippen MR) is 127 cm³/mol. The maximum Gasteiger partial charge on any atom is 0.302 e. The Bertz CT molecular complexity index is 749. The van der Waals surface area contributed by atoms with Crippen molar-refractivity contribution >= 4 is 11.9 Å². The molecule has 11 atom stereocenters. The third kappa shape index (κ3) is 4.25. The monoisotopic (exact) mass is 462 g/mol. The second kappa shape index (κ2) is 9.17. The number of carbonyl (C=O) groups excluding carboxylic acids is 2. The SMILES string of the molecule is CCC(CC1CC(OC(C)=O)[C@@]2(C)CC[C@@H]3[C@@H](CCC4CC(O)CC(C)[C@@]43C)[C@H]12)OC(C)=O. The molecule has 0 bridgehead atoms. The zero-order chi connectivity index (χ0) is 24.1. The fourth-order valence-electron chi connectivity index (χ4n) is 9.42. The molecule has 4 fully saturated rings. The van der Waals surface area contributed by atoms with Crippen molar-refractivity contribution in [2.24, 2.45) is 46.3 Å². The van der Waals surface area contributed by atoms with Crippen LogP contribution in [0.5, 0.6) is 0 Å². The van der Waals surface area contributed by atoms with Crippen LogP contribution in [0, 0.1) is 46.3 Å². The first-order valence-electron chi connectivity index (χ1n) is 13.5. The normalized spacial score (nSPS) is 47.6. The standard InChI is InChI=1S/C28H46O5/c1-7-22(32-17(3)29)13-19-14-25(33-18(4)30)27(5)11-10-24-23(26(19)27)9-8-20-15-21(31)12-16(2)28(20,24)6/h16,19-26,31H,7-15H2,1-6H3/t16?,19?,20?,21?,22?,23-,24-,25?,26+,27-,28+/m1/s1. The molecule has 4 aliphatic rings. The van der Waals surface area contributed by atoms with Gasteiger partial charge in [0.05, 0.1) is 6.10 Å². The number of aliphatic hydroxyl groups excluding tert-OH is 1. The van der Waals surface area contributed by atoms with Crippen LogP contribution in [0.1, 0.15) is 99.3 Å². The highest BCUT2D eigenvalue weighted by Crippen LogP contribution is 2.69. The molecule has 0 spiro atoms. The second-order valence-corrected chi connectivity index (χ2v) is 12.5. The Balaban J connectivity index is 1.66. The van der Waals surface area contributed by atoms with Crippen LogP contribution in [0.25, 0.3) is 0 Å². The third-order valence-corrected chi connectivity index (χ3v) is 10.9. The van der Waals surface area contributed by atoms with Gasteiger partial charge in [-0.2, -0.15) is 0 Å². The average Bonchev–Trinajstić information content (AvgIpc) is 2.99. The molecule has 6 unspecified atom stereocenters. The van der Waals surface area contributed by atoms with Crippen LogP contribution < -0.4 is 0 Å². The molecule has 0 radical (unpaired) electrons. The van der Waals surface area contributed by atoms with E-state index in [1.54, 1.807) is 0 Å². The average molecular weight is 463 g/mol.